The Morgan fingerprint density at radius 3 is 2.83 bits per heavy atom. The molecule has 0 N–H and O–H groups in total. The second-order valence-corrected chi connectivity index (χ2v) is 4.10. The van der Waals surface area contributed by atoms with Crippen molar-refractivity contribution in [3.63, 3.8) is 0 Å². The molecule has 0 fully saturated rings. The molecule has 0 saturated carbocycles. The van der Waals surface area contributed by atoms with Gasteiger partial charge in [0.15, 0.2) is 0 Å². The van der Waals surface area contributed by atoms with Gasteiger partial charge in [0.2, 0.25) is 5.75 Å². The van der Waals surface area contributed by atoms with Crippen molar-refractivity contribution < 1.29 is 19.2 Å². The minimum absolute atomic E-state index is 0.0300. The molecule has 0 amide bonds. The van der Waals surface area contributed by atoms with Crippen molar-refractivity contribution in [3.8, 4) is 5.75 Å². The van der Waals surface area contributed by atoms with Crippen LogP contribution >= 0.6 is 15.9 Å². The highest BCUT2D eigenvalue weighted by atomic mass is 79.9. The molecule has 0 heterocycles. The summed E-state index contributed by atoms with van der Waals surface area (Å²) in [5.74, 6) is -0.279. The number of hydrogen-bond donors (Lipinski definition) is 0. The summed E-state index contributed by atoms with van der Waals surface area (Å²) in [6.45, 7) is 2.04. The standard InChI is InChI=1S/C11H12BrNO5/c1-2-17-10(14)6-7-18-11-8(12)4-3-5-9(11)13(15)16/h3-5H,2,6-7H2,1H3. The number of ether oxygens (including phenoxy) is 2. The lowest BCUT2D eigenvalue weighted by molar-refractivity contribution is -0.386. The van der Waals surface area contributed by atoms with Crippen LogP contribution in [0.2, 0.25) is 0 Å². The highest BCUT2D eigenvalue weighted by Gasteiger charge is 2.18. The highest BCUT2D eigenvalue weighted by molar-refractivity contribution is 9.10. The number of nitrogens with zero attached hydrogens (tertiary/aromatic N) is 1. The van der Waals surface area contributed by atoms with Crippen LogP contribution in [0.15, 0.2) is 22.7 Å². The number of carbonyl (C=O) groups is 1. The van der Waals surface area contributed by atoms with E-state index in [-0.39, 0.29) is 24.5 Å². The molecule has 0 aromatic heterocycles. The predicted octanol–water partition coefficient (Wildman–Crippen LogP) is 2.69. The number of hydrogen-bond acceptors (Lipinski definition) is 5. The topological polar surface area (TPSA) is 78.7 Å². The maximum Gasteiger partial charge on any atom is 0.312 e. The van der Waals surface area contributed by atoms with Gasteiger partial charge in [-0.2, -0.15) is 0 Å². The van der Waals surface area contributed by atoms with Crippen LogP contribution in [0, 0.1) is 10.1 Å². The van der Waals surface area contributed by atoms with Crippen molar-refractivity contribution in [2.24, 2.45) is 0 Å². The molecule has 1 aromatic carbocycles. The van der Waals surface area contributed by atoms with E-state index in [4.69, 9.17) is 9.47 Å². The smallest absolute Gasteiger partial charge is 0.312 e. The van der Waals surface area contributed by atoms with Crippen LogP contribution in [-0.4, -0.2) is 24.1 Å². The molecule has 1 aromatic rings. The molecular weight excluding hydrogens is 306 g/mol. The Bertz CT molecular complexity index is 449. The molecule has 0 unspecified atom stereocenters. The number of halogens is 1. The first-order chi connectivity index (χ1) is 8.56. The van der Waals surface area contributed by atoms with Crippen molar-refractivity contribution in [3.05, 3.63) is 32.8 Å². The van der Waals surface area contributed by atoms with Gasteiger partial charge in [0.25, 0.3) is 0 Å². The van der Waals surface area contributed by atoms with Gasteiger partial charge in [-0.25, -0.2) is 0 Å². The Kier molecular flexibility index (Phi) is 5.57. The summed E-state index contributed by atoms with van der Waals surface area (Å²) < 4.78 is 10.5. The van der Waals surface area contributed by atoms with E-state index in [9.17, 15) is 14.9 Å². The molecule has 0 spiro atoms. The molecule has 7 heteroatoms. The van der Waals surface area contributed by atoms with Crippen LogP contribution in [-0.2, 0) is 9.53 Å². The van der Waals surface area contributed by atoms with Crippen molar-refractivity contribution in [1.82, 2.24) is 0 Å². The quantitative estimate of drug-likeness (QED) is 0.458. The zero-order valence-corrected chi connectivity index (χ0v) is 11.3. The summed E-state index contributed by atoms with van der Waals surface area (Å²) in [6.07, 6.45) is 0.0479. The van der Waals surface area contributed by atoms with Gasteiger partial charge >= 0.3 is 11.7 Å². The molecule has 0 aliphatic rings. The second kappa shape index (κ2) is 6.95. The van der Waals surface area contributed by atoms with E-state index in [0.29, 0.717) is 11.1 Å². The number of benzene rings is 1. The molecule has 0 aliphatic carbocycles. The Morgan fingerprint density at radius 2 is 2.22 bits per heavy atom. The summed E-state index contributed by atoms with van der Waals surface area (Å²) in [6, 6.07) is 4.51. The zero-order valence-electron chi connectivity index (χ0n) is 9.72. The van der Waals surface area contributed by atoms with E-state index in [1.165, 1.54) is 6.07 Å². The largest absolute Gasteiger partial charge is 0.485 e. The first kappa shape index (κ1) is 14.4. The molecule has 18 heavy (non-hydrogen) atoms. The maximum absolute atomic E-state index is 11.1. The first-order valence-electron chi connectivity index (χ1n) is 5.27. The van der Waals surface area contributed by atoms with Crippen LogP contribution in [0.25, 0.3) is 0 Å². The Labute approximate surface area is 112 Å². The highest BCUT2D eigenvalue weighted by Crippen LogP contribution is 2.34. The molecule has 0 aliphatic heterocycles. The fourth-order valence-electron chi connectivity index (χ4n) is 1.25. The fraction of sp³-hybridized carbons (Fsp3) is 0.364. The Morgan fingerprint density at radius 1 is 1.50 bits per heavy atom. The summed E-state index contributed by atoms with van der Waals surface area (Å²) in [7, 11) is 0. The Balaban J connectivity index is 2.67. The average Bonchev–Trinajstić information content (AvgIpc) is 2.31. The van der Waals surface area contributed by atoms with E-state index in [2.05, 4.69) is 15.9 Å². The van der Waals surface area contributed by atoms with E-state index < -0.39 is 10.9 Å². The predicted molar refractivity (Wildman–Crippen MR) is 67.5 cm³/mol. The van der Waals surface area contributed by atoms with Gasteiger partial charge in [-0.3, -0.25) is 14.9 Å². The number of para-hydroxylation sites is 1. The molecular formula is C11H12BrNO5. The van der Waals surface area contributed by atoms with E-state index >= 15 is 0 Å². The number of nitro groups is 1. The summed E-state index contributed by atoms with van der Waals surface area (Å²) in [5, 5.41) is 10.8. The minimum Gasteiger partial charge on any atom is -0.485 e. The average molecular weight is 318 g/mol. The van der Waals surface area contributed by atoms with Crippen molar-refractivity contribution in [2.45, 2.75) is 13.3 Å². The van der Waals surface area contributed by atoms with Gasteiger partial charge in [0, 0.05) is 6.07 Å². The van der Waals surface area contributed by atoms with Gasteiger partial charge in [-0.1, -0.05) is 6.07 Å². The number of rotatable bonds is 6. The molecule has 1 rings (SSSR count). The van der Waals surface area contributed by atoms with Crippen LogP contribution in [0.1, 0.15) is 13.3 Å². The lowest BCUT2D eigenvalue weighted by Crippen LogP contribution is -2.10. The van der Waals surface area contributed by atoms with E-state index in [1.807, 2.05) is 0 Å². The van der Waals surface area contributed by atoms with Crippen LogP contribution in [0.5, 0.6) is 5.75 Å². The van der Waals surface area contributed by atoms with E-state index in [1.54, 1.807) is 19.1 Å². The zero-order chi connectivity index (χ0) is 13.5. The van der Waals surface area contributed by atoms with Crippen molar-refractivity contribution in [2.75, 3.05) is 13.2 Å². The van der Waals surface area contributed by atoms with Gasteiger partial charge in [-0.05, 0) is 28.9 Å². The Hall–Kier alpha value is -1.63. The molecule has 98 valence electrons. The summed E-state index contributed by atoms with van der Waals surface area (Å²) >= 11 is 3.17. The van der Waals surface area contributed by atoms with Gasteiger partial charge < -0.3 is 9.47 Å². The third-order valence-corrected chi connectivity index (χ3v) is 2.63. The third kappa shape index (κ3) is 3.99. The number of carbonyl (C=O) groups excluding carboxylic acids is 1. The van der Waals surface area contributed by atoms with Crippen molar-refractivity contribution >= 4 is 27.6 Å². The van der Waals surface area contributed by atoms with Gasteiger partial charge in [0.1, 0.15) is 0 Å². The molecule has 0 radical (unpaired) electrons. The molecule has 0 bridgehead atoms. The van der Waals surface area contributed by atoms with Crippen LogP contribution < -0.4 is 4.74 Å². The first-order valence-corrected chi connectivity index (χ1v) is 6.07. The van der Waals surface area contributed by atoms with Gasteiger partial charge in [-0.15, -0.1) is 0 Å². The fourth-order valence-corrected chi connectivity index (χ4v) is 1.72. The lowest BCUT2D eigenvalue weighted by atomic mass is 10.3. The lowest BCUT2D eigenvalue weighted by Gasteiger charge is -2.08. The third-order valence-electron chi connectivity index (χ3n) is 2.00. The minimum atomic E-state index is -0.537. The van der Waals surface area contributed by atoms with E-state index in [0.717, 1.165) is 0 Å². The number of esters is 1. The normalized spacial score (nSPS) is 9.89. The molecule has 6 nitrogen and oxygen atoms in total. The van der Waals surface area contributed by atoms with Crippen molar-refractivity contribution in [1.29, 1.82) is 0 Å². The summed E-state index contributed by atoms with van der Waals surface area (Å²) in [4.78, 5) is 21.3. The van der Waals surface area contributed by atoms with Crippen LogP contribution in [0.3, 0.4) is 0 Å². The SMILES string of the molecule is CCOC(=O)CCOc1c(Br)cccc1[N+](=O)[O-]. The second-order valence-electron chi connectivity index (χ2n) is 3.25. The summed E-state index contributed by atoms with van der Waals surface area (Å²) in [5.41, 5.74) is -0.145. The monoisotopic (exact) mass is 317 g/mol. The maximum atomic E-state index is 11.1. The van der Waals surface area contributed by atoms with Gasteiger partial charge in [0.05, 0.1) is 29.0 Å². The van der Waals surface area contributed by atoms with Crippen LogP contribution in [0.4, 0.5) is 5.69 Å². The number of nitro benzene ring substituents is 1. The molecule has 0 saturated heterocycles. The molecule has 0 atom stereocenters.